The number of hydrogen-bond donors (Lipinski definition) is 1. The van der Waals surface area contributed by atoms with Crippen molar-refractivity contribution < 1.29 is 17.9 Å². The molecule has 0 spiro atoms. The van der Waals surface area contributed by atoms with E-state index < -0.39 is 12.8 Å². The van der Waals surface area contributed by atoms with Gasteiger partial charge in [-0.25, -0.2) is 4.98 Å². The standard InChI is InChI=1S/C11H13F3N2O/c12-11(13,14)7-17-10-2-1-8-3-5-15-6-4-9(8)16-10/h1-2,15H,3-7H2. The average Bonchev–Trinajstić information content (AvgIpc) is 2.49. The molecule has 0 radical (unpaired) electrons. The highest BCUT2D eigenvalue weighted by atomic mass is 19.4. The van der Waals surface area contributed by atoms with E-state index in [0.717, 1.165) is 37.2 Å². The van der Waals surface area contributed by atoms with Crippen LogP contribution in [0.5, 0.6) is 5.88 Å². The highest BCUT2D eigenvalue weighted by molar-refractivity contribution is 5.27. The Balaban J connectivity index is 2.07. The highest BCUT2D eigenvalue weighted by Gasteiger charge is 2.28. The van der Waals surface area contributed by atoms with Gasteiger partial charge in [-0.2, -0.15) is 13.2 Å². The fourth-order valence-electron chi connectivity index (χ4n) is 1.75. The zero-order chi connectivity index (χ0) is 12.3. The normalized spacial score (nSPS) is 16.2. The van der Waals surface area contributed by atoms with Crippen molar-refractivity contribution in [2.24, 2.45) is 0 Å². The van der Waals surface area contributed by atoms with Crippen LogP contribution in [0.1, 0.15) is 11.3 Å². The molecule has 0 atom stereocenters. The van der Waals surface area contributed by atoms with Gasteiger partial charge in [-0.05, 0) is 18.5 Å². The van der Waals surface area contributed by atoms with E-state index in [0.29, 0.717) is 0 Å². The van der Waals surface area contributed by atoms with Crippen LogP contribution in [0.25, 0.3) is 0 Å². The minimum absolute atomic E-state index is 0.0444. The van der Waals surface area contributed by atoms with Gasteiger partial charge >= 0.3 is 6.18 Å². The summed E-state index contributed by atoms with van der Waals surface area (Å²) in [6.07, 6.45) is -2.75. The third kappa shape index (κ3) is 3.59. The first-order valence-electron chi connectivity index (χ1n) is 5.44. The lowest BCUT2D eigenvalue weighted by molar-refractivity contribution is -0.154. The number of aromatic nitrogens is 1. The van der Waals surface area contributed by atoms with Crippen molar-refractivity contribution in [3.63, 3.8) is 0 Å². The molecular weight excluding hydrogens is 233 g/mol. The summed E-state index contributed by atoms with van der Waals surface area (Å²) in [4.78, 5) is 4.11. The maximum absolute atomic E-state index is 12.0. The van der Waals surface area contributed by atoms with E-state index in [9.17, 15) is 13.2 Å². The number of nitrogens with zero attached hydrogens (tertiary/aromatic N) is 1. The van der Waals surface area contributed by atoms with Crippen LogP contribution in [0, 0.1) is 0 Å². The summed E-state index contributed by atoms with van der Waals surface area (Å²) in [7, 11) is 0. The number of nitrogens with one attached hydrogen (secondary N) is 1. The molecule has 3 nitrogen and oxygen atoms in total. The van der Waals surface area contributed by atoms with Gasteiger partial charge in [-0.3, -0.25) is 0 Å². The second kappa shape index (κ2) is 4.91. The summed E-state index contributed by atoms with van der Waals surface area (Å²) < 4.78 is 40.6. The summed E-state index contributed by atoms with van der Waals surface area (Å²) >= 11 is 0. The van der Waals surface area contributed by atoms with Gasteiger partial charge in [0.1, 0.15) is 0 Å². The third-order valence-electron chi connectivity index (χ3n) is 2.54. The van der Waals surface area contributed by atoms with E-state index in [-0.39, 0.29) is 5.88 Å². The van der Waals surface area contributed by atoms with E-state index in [4.69, 9.17) is 0 Å². The van der Waals surface area contributed by atoms with Crippen molar-refractivity contribution in [2.45, 2.75) is 19.0 Å². The largest absolute Gasteiger partial charge is 0.468 e. The Labute approximate surface area is 97.0 Å². The van der Waals surface area contributed by atoms with E-state index in [1.807, 2.05) is 0 Å². The molecular formula is C11H13F3N2O. The van der Waals surface area contributed by atoms with Crippen LogP contribution in [-0.2, 0) is 12.8 Å². The van der Waals surface area contributed by atoms with Gasteiger partial charge in [-0.1, -0.05) is 6.07 Å². The maximum Gasteiger partial charge on any atom is 0.422 e. The number of pyridine rings is 1. The van der Waals surface area contributed by atoms with Crippen LogP contribution >= 0.6 is 0 Å². The molecule has 1 aliphatic heterocycles. The van der Waals surface area contributed by atoms with Gasteiger partial charge in [0.05, 0.1) is 0 Å². The van der Waals surface area contributed by atoms with Gasteiger partial charge < -0.3 is 10.1 Å². The molecule has 2 rings (SSSR count). The van der Waals surface area contributed by atoms with Crippen molar-refractivity contribution in [1.29, 1.82) is 0 Å². The molecule has 0 bridgehead atoms. The minimum atomic E-state index is -4.32. The van der Waals surface area contributed by atoms with Crippen LogP contribution < -0.4 is 10.1 Å². The zero-order valence-corrected chi connectivity index (χ0v) is 9.18. The predicted octanol–water partition coefficient (Wildman–Crippen LogP) is 1.71. The summed E-state index contributed by atoms with van der Waals surface area (Å²) in [6.45, 7) is 0.372. The van der Waals surface area contributed by atoms with Gasteiger partial charge in [0.25, 0.3) is 0 Å². The monoisotopic (exact) mass is 246 g/mol. The molecule has 0 saturated heterocycles. The second-order valence-electron chi connectivity index (χ2n) is 3.91. The second-order valence-corrected chi connectivity index (χ2v) is 3.91. The lowest BCUT2D eigenvalue weighted by atomic mass is 10.1. The van der Waals surface area contributed by atoms with Gasteiger partial charge in [0.2, 0.25) is 5.88 Å². The van der Waals surface area contributed by atoms with Crippen LogP contribution in [0.3, 0.4) is 0 Å². The first-order valence-corrected chi connectivity index (χ1v) is 5.44. The highest BCUT2D eigenvalue weighted by Crippen LogP contribution is 2.19. The molecule has 17 heavy (non-hydrogen) atoms. The molecule has 1 aliphatic rings. The molecule has 0 saturated carbocycles. The molecule has 94 valence electrons. The number of fused-ring (bicyclic) bond motifs is 1. The fourth-order valence-corrected chi connectivity index (χ4v) is 1.75. The Morgan fingerprint density at radius 1 is 1.24 bits per heavy atom. The molecule has 1 aromatic rings. The fraction of sp³-hybridized carbons (Fsp3) is 0.545. The van der Waals surface area contributed by atoms with Gasteiger partial charge in [-0.15, -0.1) is 0 Å². The maximum atomic E-state index is 12.0. The van der Waals surface area contributed by atoms with Crippen LogP contribution in [0.2, 0.25) is 0 Å². The first kappa shape index (κ1) is 12.2. The Bertz CT molecular complexity index is 393. The minimum Gasteiger partial charge on any atom is -0.468 e. The summed E-state index contributed by atoms with van der Waals surface area (Å²) in [5.74, 6) is 0.0444. The molecule has 0 aromatic carbocycles. The molecule has 0 unspecified atom stereocenters. The molecule has 0 fully saturated rings. The first-order chi connectivity index (χ1) is 8.04. The summed E-state index contributed by atoms with van der Waals surface area (Å²) in [5, 5.41) is 3.21. The van der Waals surface area contributed by atoms with E-state index in [2.05, 4.69) is 15.0 Å². The lowest BCUT2D eigenvalue weighted by Crippen LogP contribution is -2.20. The summed E-state index contributed by atoms with van der Waals surface area (Å²) in [6, 6.07) is 3.29. The van der Waals surface area contributed by atoms with Crippen LogP contribution in [0.4, 0.5) is 13.2 Å². The van der Waals surface area contributed by atoms with E-state index in [1.54, 1.807) is 6.07 Å². The molecule has 1 aromatic heterocycles. The van der Waals surface area contributed by atoms with Crippen LogP contribution in [-0.4, -0.2) is 30.9 Å². The Morgan fingerprint density at radius 2 is 2.00 bits per heavy atom. The number of halogens is 3. The van der Waals surface area contributed by atoms with Crippen molar-refractivity contribution in [1.82, 2.24) is 10.3 Å². The van der Waals surface area contributed by atoms with Gasteiger partial charge in [0, 0.05) is 24.7 Å². The van der Waals surface area contributed by atoms with Crippen molar-refractivity contribution in [3.8, 4) is 5.88 Å². The van der Waals surface area contributed by atoms with E-state index in [1.165, 1.54) is 6.07 Å². The van der Waals surface area contributed by atoms with Crippen molar-refractivity contribution >= 4 is 0 Å². The van der Waals surface area contributed by atoms with E-state index >= 15 is 0 Å². The summed E-state index contributed by atoms with van der Waals surface area (Å²) in [5.41, 5.74) is 1.91. The lowest BCUT2D eigenvalue weighted by Gasteiger charge is -2.10. The van der Waals surface area contributed by atoms with Gasteiger partial charge in [0.15, 0.2) is 6.61 Å². The van der Waals surface area contributed by atoms with Crippen LogP contribution in [0.15, 0.2) is 12.1 Å². The Kier molecular flexibility index (Phi) is 3.51. The topological polar surface area (TPSA) is 34.1 Å². The Morgan fingerprint density at radius 3 is 2.76 bits per heavy atom. The quantitative estimate of drug-likeness (QED) is 0.862. The third-order valence-corrected chi connectivity index (χ3v) is 2.54. The molecule has 2 heterocycles. The molecule has 1 N–H and O–H groups in total. The number of rotatable bonds is 2. The number of hydrogen-bond acceptors (Lipinski definition) is 3. The van der Waals surface area contributed by atoms with Crippen molar-refractivity contribution in [2.75, 3.05) is 19.7 Å². The molecule has 0 amide bonds. The zero-order valence-electron chi connectivity index (χ0n) is 9.18. The number of ether oxygens (including phenoxy) is 1. The molecule has 0 aliphatic carbocycles. The predicted molar refractivity (Wildman–Crippen MR) is 56.1 cm³/mol. The average molecular weight is 246 g/mol. The molecule has 6 heteroatoms. The number of alkyl halides is 3. The smallest absolute Gasteiger partial charge is 0.422 e. The Hall–Kier alpha value is -1.30. The SMILES string of the molecule is FC(F)(F)COc1ccc2c(n1)CCNCC2. The van der Waals surface area contributed by atoms with Crippen molar-refractivity contribution in [3.05, 3.63) is 23.4 Å².